The maximum atomic E-state index is 13.1. The molecule has 2 heterocycles. The highest BCUT2D eigenvalue weighted by atomic mass is 16.5. The molecular formula is C23H22N2O5. The van der Waals surface area contributed by atoms with Crippen molar-refractivity contribution in [2.24, 2.45) is 5.92 Å². The molecule has 7 nitrogen and oxygen atoms in total. The van der Waals surface area contributed by atoms with Gasteiger partial charge in [0.15, 0.2) is 0 Å². The van der Waals surface area contributed by atoms with Crippen LogP contribution in [0.15, 0.2) is 48.5 Å². The molecule has 30 heavy (non-hydrogen) atoms. The van der Waals surface area contributed by atoms with Crippen molar-refractivity contribution in [3.8, 4) is 0 Å². The number of piperidine rings is 1. The van der Waals surface area contributed by atoms with Gasteiger partial charge in [0.05, 0.1) is 29.3 Å². The van der Waals surface area contributed by atoms with Crippen LogP contribution in [0.2, 0.25) is 0 Å². The number of carbonyl (C=O) groups is 4. The van der Waals surface area contributed by atoms with Gasteiger partial charge in [-0.25, -0.2) is 4.90 Å². The number of anilines is 1. The number of ether oxygens (including phenoxy) is 1. The fraction of sp³-hybridized carbons (Fsp3) is 0.304. The van der Waals surface area contributed by atoms with E-state index in [0.717, 1.165) is 4.90 Å². The first-order valence-corrected chi connectivity index (χ1v) is 10.0. The molecule has 2 aliphatic heterocycles. The van der Waals surface area contributed by atoms with E-state index in [-0.39, 0.29) is 17.8 Å². The molecule has 4 rings (SSSR count). The SMILES string of the molecule is CCOC(=O)[C@@H]1CCCN(C(=O)c2cccc(N3C(=O)c4ccccc4C3=O)c2)C1. The zero-order valence-electron chi connectivity index (χ0n) is 16.7. The van der Waals surface area contributed by atoms with Crippen molar-refractivity contribution >= 4 is 29.4 Å². The lowest BCUT2D eigenvalue weighted by molar-refractivity contribution is -0.149. The monoisotopic (exact) mass is 406 g/mol. The third-order valence-corrected chi connectivity index (χ3v) is 5.47. The molecule has 1 fully saturated rings. The number of amides is 3. The Morgan fingerprint density at radius 2 is 1.73 bits per heavy atom. The summed E-state index contributed by atoms with van der Waals surface area (Å²) >= 11 is 0. The standard InChI is InChI=1S/C23H22N2O5/c1-2-30-23(29)16-8-6-12-24(14-16)20(26)15-7-5-9-17(13-15)25-21(27)18-10-3-4-11-19(18)22(25)28/h3-5,7,9-11,13,16H,2,6,8,12,14H2,1H3/t16-/m1/s1. The van der Waals surface area contributed by atoms with Crippen molar-refractivity contribution in [3.05, 3.63) is 65.2 Å². The van der Waals surface area contributed by atoms with E-state index in [9.17, 15) is 19.2 Å². The molecule has 7 heteroatoms. The van der Waals surface area contributed by atoms with Gasteiger partial charge >= 0.3 is 5.97 Å². The van der Waals surface area contributed by atoms with E-state index in [0.29, 0.717) is 54.9 Å². The van der Waals surface area contributed by atoms with Gasteiger partial charge in [-0.15, -0.1) is 0 Å². The van der Waals surface area contributed by atoms with Crippen LogP contribution in [0.1, 0.15) is 50.8 Å². The van der Waals surface area contributed by atoms with E-state index in [2.05, 4.69) is 0 Å². The molecule has 0 unspecified atom stereocenters. The van der Waals surface area contributed by atoms with Gasteiger partial charge in [-0.3, -0.25) is 19.2 Å². The molecule has 2 aromatic rings. The second kappa shape index (κ2) is 8.10. The summed E-state index contributed by atoms with van der Waals surface area (Å²) in [5, 5.41) is 0. The Kier molecular flexibility index (Phi) is 5.35. The predicted molar refractivity (Wildman–Crippen MR) is 109 cm³/mol. The predicted octanol–water partition coefficient (Wildman–Crippen LogP) is 2.90. The second-order valence-electron chi connectivity index (χ2n) is 7.38. The fourth-order valence-corrected chi connectivity index (χ4v) is 4.00. The number of hydrogen-bond acceptors (Lipinski definition) is 5. The van der Waals surface area contributed by atoms with Gasteiger partial charge in [-0.2, -0.15) is 0 Å². The molecule has 0 saturated carbocycles. The first-order valence-electron chi connectivity index (χ1n) is 10.0. The van der Waals surface area contributed by atoms with E-state index in [1.54, 1.807) is 60.4 Å². The minimum Gasteiger partial charge on any atom is -0.466 e. The lowest BCUT2D eigenvalue weighted by atomic mass is 9.97. The lowest BCUT2D eigenvalue weighted by Gasteiger charge is -2.31. The summed E-state index contributed by atoms with van der Waals surface area (Å²) in [6, 6.07) is 13.2. The summed E-state index contributed by atoms with van der Waals surface area (Å²) in [6.45, 7) is 2.92. The Morgan fingerprint density at radius 3 is 2.40 bits per heavy atom. The largest absolute Gasteiger partial charge is 0.466 e. The van der Waals surface area contributed by atoms with Crippen LogP contribution in [-0.4, -0.2) is 48.3 Å². The number of hydrogen-bond donors (Lipinski definition) is 0. The Balaban J connectivity index is 1.55. The number of esters is 1. The highest BCUT2D eigenvalue weighted by molar-refractivity contribution is 6.34. The minimum atomic E-state index is -0.402. The van der Waals surface area contributed by atoms with Crippen molar-refractivity contribution in [2.45, 2.75) is 19.8 Å². The molecule has 0 radical (unpaired) electrons. The second-order valence-corrected chi connectivity index (χ2v) is 7.38. The first-order chi connectivity index (χ1) is 14.5. The number of benzene rings is 2. The van der Waals surface area contributed by atoms with E-state index >= 15 is 0 Å². The van der Waals surface area contributed by atoms with Gasteiger partial charge in [0.2, 0.25) is 0 Å². The van der Waals surface area contributed by atoms with Gasteiger partial charge in [0.25, 0.3) is 17.7 Å². The maximum absolute atomic E-state index is 13.1. The normalized spacial score (nSPS) is 18.4. The van der Waals surface area contributed by atoms with Crippen LogP contribution in [0, 0.1) is 5.92 Å². The lowest BCUT2D eigenvalue weighted by Crippen LogP contribution is -2.42. The van der Waals surface area contributed by atoms with E-state index < -0.39 is 11.8 Å². The molecular weight excluding hydrogens is 384 g/mol. The number of carbonyl (C=O) groups excluding carboxylic acids is 4. The van der Waals surface area contributed by atoms with Crippen molar-refractivity contribution in [3.63, 3.8) is 0 Å². The molecule has 0 aromatic heterocycles. The molecule has 1 saturated heterocycles. The molecule has 0 bridgehead atoms. The zero-order chi connectivity index (χ0) is 21.3. The molecule has 0 aliphatic carbocycles. The van der Waals surface area contributed by atoms with Gasteiger partial charge in [0, 0.05) is 18.7 Å². The number of likely N-dealkylation sites (tertiary alicyclic amines) is 1. The Bertz CT molecular complexity index is 997. The number of rotatable bonds is 4. The molecule has 0 N–H and O–H groups in total. The number of nitrogens with zero attached hydrogens (tertiary/aromatic N) is 2. The molecule has 1 atom stereocenters. The average molecular weight is 406 g/mol. The Morgan fingerprint density at radius 1 is 1.03 bits per heavy atom. The highest BCUT2D eigenvalue weighted by Crippen LogP contribution is 2.29. The van der Waals surface area contributed by atoms with Crippen LogP contribution in [0.25, 0.3) is 0 Å². The summed E-state index contributed by atoms with van der Waals surface area (Å²) in [5.41, 5.74) is 1.43. The van der Waals surface area contributed by atoms with Crippen LogP contribution in [0.3, 0.4) is 0 Å². The van der Waals surface area contributed by atoms with Crippen LogP contribution in [-0.2, 0) is 9.53 Å². The van der Waals surface area contributed by atoms with E-state index in [1.807, 2.05) is 0 Å². The zero-order valence-corrected chi connectivity index (χ0v) is 16.7. The van der Waals surface area contributed by atoms with Gasteiger partial charge in [0.1, 0.15) is 0 Å². The summed E-state index contributed by atoms with van der Waals surface area (Å²) in [6.07, 6.45) is 1.41. The molecule has 2 aliphatic rings. The van der Waals surface area contributed by atoms with E-state index in [4.69, 9.17) is 4.74 Å². The molecule has 2 aromatic carbocycles. The number of fused-ring (bicyclic) bond motifs is 1. The van der Waals surface area contributed by atoms with Crippen molar-refractivity contribution < 1.29 is 23.9 Å². The molecule has 0 spiro atoms. The van der Waals surface area contributed by atoms with E-state index in [1.165, 1.54) is 0 Å². The van der Waals surface area contributed by atoms with Crippen molar-refractivity contribution in [2.75, 3.05) is 24.6 Å². The highest BCUT2D eigenvalue weighted by Gasteiger charge is 2.37. The minimum absolute atomic E-state index is 0.234. The Hall–Kier alpha value is -3.48. The Labute approximate surface area is 174 Å². The fourth-order valence-electron chi connectivity index (χ4n) is 4.00. The topological polar surface area (TPSA) is 84.0 Å². The third kappa shape index (κ3) is 3.47. The first kappa shape index (κ1) is 19.8. The average Bonchev–Trinajstić information content (AvgIpc) is 3.04. The smallest absolute Gasteiger partial charge is 0.310 e. The van der Waals surface area contributed by atoms with Crippen LogP contribution >= 0.6 is 0 Å². The third-order valence-electron chi connectivity index (χ3n) is 5.47. The summed E-state index contributed by atoms with van der Waals surface area (Å²) in [5.74, 6) is -1.65. The maximum Gasteiger partial charge on any atom is 0.310 e. The summed E-state index contributed by atoms with van der Waals surface area (Å²) in [4.78, 5) is 53.3. The van der Waals surface area contributed by atoms with Crippen LogP contribution < -0.4 is 4.90 Å². The van der Waals surface area contributed by atoms with Crippen molar-refractivity contribution in [1.82, 2.24) is 4.90 Å². The molecule has 154 valence electrons. The molecule has 3 amide bonds. The van der Waals surface area contributed by atoms with Crippen LogP contribution in [0.4, 0.5) is 5.69 Å². The van der Waals surface area contributed by atoms with Crippen LogP contribution in [0.5, 0.6) is 0 Å². The van der Waals surface area contributed by atoms with Gasteiger partial charge in [-0.1, -0.05) is 18.2 Å². The van der Waals surface area contributed by atoms with Gasteiger partial charge < -0.3 is 9.64 Å². The van der Waals surface area contributed by atoms with Crippen molar-refractivity contribution in [1.29, 1.82) is 0 Å². The van der Waals surface area contributed by atoms with Gasteiger partial charge in [-0.05, 0) is 50.1 Å². The summed E-state index contributed by atoms with van der Waals surface area (Å²) in [7, 11) is 0. The quantitative estimate of drug-likeness (QED) is 0.576. The number of imide groups is 1. The summed E-state index contributed by atoms with van der Waals surface area (Å²) < 4.78 is 5.10.